The fraction of sp³-hybridized carbons (Fsp3) is 0.500. The minimum Gasteiger partial charge on any atom is -0.352 e. The van der Waals surface area contributed by atoms with E-state index in [0.717, 1.165) is 29.7 Å². The van der Waals surface area contributed by atoms with E-state index in [4.69, 9.17) is 0 Å². The third kappa shape index (κ3) is 3.86. The zero-order valence-electron chi connectivity index (χ0n) is 11.2. The van der Waals surface area contributed by atoms with E-state index in [1.165, 1.54) is 5.56 Å². The SMILES string of the molecule is CNCCCNC(=O)c1c(C)cc(C)cc1C. The molecule has 0 aliphatic carbocycles. The molecule has 0 spiro atoms. The van der Waals surface area contributed by atoms with Gasteiger partial charge in [-0.15, -0.1) is 0 Å². The number of aryl methyl sites for hydroxylation is 3. The van der Waals surface area contributed by atoms with Crippen molar-refractivity contribution in [1.29, 1.82) is 0 Å². The normalized spacial score (nSPS) is 10.4. The molecule has 17 heavy (non-hydrogen) atoms. The van der Waals surface area contributed by atoms with Crippen LogP contribution in [0.2, 0.25) is 0 Å². The maximum Gasteiger partial charge on any atom is 0.251 e. The van der Waals surface area contributed by atoms with Crippen LogP contribution in [0.1, 0.15) is 33.5 Å². The molecule has 1 amide bonds. The predicted octanol–water partition coefficient (Wildman–Crippen LogP) is 1.95. The van der Waals surface area contributed by atoms with Crippen molar-refractivity contribution in [2.45, 2.75) is 27.2 Å². The van der Waals surface area contributed by atoms with E-state index < -0.39 is 0 Å². The van der Waals surface area contributed by atoms with Crippen molar-refractivity contribution in [1.82, 2.24) is 10.6 Å². The average molecular weight is 234 g/mol. The molecule has 0 fully saturated rings. The van der Waals surface area contributed by atoms with E-state index in [0.29, 0.717) is 6.54 Å². The second-order valence-corrected chi connectivity index (χ2v) is 4.49. The molecule has 0 unspecified atom stereocenters. The van der Waals surface area contributed by atoms with Gasteiger partial charge in [0.1, 0.15) is 0 Å². The van der Waals surface area contributed by atoms with Crippen molar-refractivity contribution < 1.29 is 4.79 Å². The molecule has 1 rings (SSSR count). The van der Waals surface area contributed by atoms with Gasteiger partial charge in [0.15, 0.2) is 0 Å². The molecule has 0 heterocycles. The summed E-state index contributed by atoms with van der Waals surface area (Å²) in [5.41, 5.74) is 4.12. The lowest BCUT2D eigenvalue weighted by molar-refractivity contribution is 0.0952. The standard InChI is InChI=1S/C14H22N2O/c1-10-8-11(2)13(12(3)9-10)14(17)16-7-5-6-15-4/h8-9,15H,5-7H2,1-4H3,(H,16,17). The fourth-order valence-electron chi connectivity index (χ4n) is 2.09. The van der Waals surface area contributed by atoms with Crippen LogP contribution in [0.4, 0.5) is 0 Å². The molecule has 1 aromatic carbocycles. The van der Waals surface area contributed by atoms with E-state index in [2.05, 4.69) is 29.7 Å². The van der Waals surface area contributed by atoms with Gasteiger partial charge in [0, 0.05) is 12.1 Å². The van der Waals surface area contributed by atoms with Gasteiger partial charge in [-0.25, -0.2) is 0 Å². The monoisotopic (exact) mass is 234 g/mol. The molecule has 0 radical (unpaired) electrons. The Morgan fingerprint density at radius 2 is 1.71 bits per heavy atom. The lowest BCUT2D eigenvalue weighted by atomic mass is 9.99. The van der Waals surface area contributed by atoms with Crippen LogP contribution in [0.5, 0.6) is 0 Å². The molecular formula is C14H22N2O. The highest BCUT2D eigenvalue weighted by Gasteiger charge is 2.11. The zero-order valence-corrected chi connectivity index (χ0v) is 11.2. The van der Waals surface area contributed by atoms with E-state index in [1.54, 1.807) is 0 Å². The molecule has 0 aliphatic rings. The van der Waals surface area contributed by atoms with Gasteiger partial charge in [0.25, 0.3) is 5.91 Å². The number of amides is 1. The fourth-order valence-corrected chi connectivity index (χ4v) is 2.09. The molecule has 0 aliphatic heterocycles. The Morgan fingerprint density at radius 1 is 1.12 bits per heavy atom. The van der Waals surface area contributed by atoms with E-state index in [1.807, 2.05) is 20.9 Å². The smallest absolute Gasteiger partial charge is 0.251 e. The van der Waals surface area contributed by atoms with Crippen molar-refractivity contribution in [3.8, 4) is 0 Å². The number of hydrogen-bond acceptors (Lipinski definition) is 2. The number of hydrogen-bond donors (Lipinski definition) is 2. The highest BCUT2D eigenvalue weighted by atomic mass is 16.1. The number of nitrogens with one attached hydrogen (secondary N) is 2. The largest absolute Gasteiger partial charge is 0.352 e. The molecule has 94 valence electrons. The topological polar surface area (TPSA) is 41.1 Å². The second kappa shape index (κ2) is 6.40. The summed E-state index contributed by atoms with van der Waals surface area (Å²) in [7, 11) is 1.91. The number of carbonyl (C=O) groups is 1. The number of benzene rings is 1. The Morgan fingerprint density at radius 3 is 2.24 bits per heavy atom. The molecular weight excluding hydrogens is 212 g/mol. The molecule has 3 nitrogen and oxygen atoms in total. The molecule has 0 saturated carbocycles. The minimum atomic E-state index is 0.0381. The van der Waals surface area contributed by atoms with Crippen molar-refractivity contribution >= 4 is 5.91 Å². The Bertz CT molecular complexity index is 376. The van der Waals surface area contributed by atoms with Crippen molar-refractivity contribution in [3.63, 3.8) is 0 Å². The maximum absolute atomic E-state index is 12.0. The van der Waals surface area contributed by atoms with Crippen LogP contribution in [-0.4, -0.2) is 26.0 Å². The van der Waals surface area contributed by atoms with Gasteiger partial charge in [-0.2, -0.15) is 0 Å². The molecule has 3 heteroatoms. The summed E-state index contributed by atoms with van der Waals surface area (Å²) in [4.78, 5) is 12.0. The highest BCUT2D eigenvalue weighted by molar-refractivity contribution is 5.97. The van der Waals surface area contributed by atoms with Gasteiger partial charge in [-0.05, 0) is 51.9 Å². The third-order valence-electron chi connectivity index (χ3n) is 2.79. The first kappa shape index (κ1) is 13.7. The van der Waals surface area contributed by atoms with Gasteiger partial charge in [0.05, 0.1) is 0 Å². The summed E-state index contributed by atoms with van der Waals surface area (Å²) in [5, 5.41) is 6.02. The Labute approximate surface area is 104 Å². The lowest BCUT2D eigenvalue weighted by Crippen LogP contribution is -2.27. The van der Waals surface area contributed by atoms with Crippen LogP contribution in [0.3, 0.4) is 0 Å². The van der Waals surface area contributed by atoms with E-state index in [9.17, 15) is 4.79 Å². The van der Waals surface area contributed by atoms with Crippen LogP contribution in [0.15, 0.2) is 12.1 Å². The zero-order chi connectivity index (χ0) is 12.8. The molecule has 2 N–H and O–H groups in total. The summed E-state index contributed by atoms with van der Waals surface area (Å²) in [6.45, 7) is 7.66. The molecule has 0 saturated heterocycles. The number of carbonyl (C=O) groups excluding carboxylic acids is 1. The molecule has 0 aromatic heterocycles. The molecule has 0 bridgehead atoms. The first-order valence-corrected chi connectivity index (χ1v) is 6.07. The lowest BCUT2D eigenvalue weighted by Gasteiger charge is -2.11. The van der Waals surface area contributed by atoms with Crippen LogP contribution >= 0.6 is 0 Å². The van der Waals surface area contributed by atoms with Gasteiger partial charge in [-0.1, -0.05) is 17.7 Å². The molecule has 0 atom stereocenters. The third-order valence-corrected chi connectivity index (χ3v) is 2.79. The second-order valence-electron chi connectivity index (χ2n) is 4.49. The highest BCUT2D eigenvalue weighted by Crippen LogP contribution is 2.15. The van der Waals surface area contributed by atoms with Gasteiger partial charge < -0.3 is 10.6 Å². The Kier molecular flexibility index (Phi) is 5.16. The van der Waals surface area contributed by atoms with Gasteiger partial charge >= 0.3 is 0 Å². The Balaban J connectivity index is 2.69. The van der Waals surface area contributed by atoms with Crippen LogP contribution < -0.4 is 10.6 Å². The first-order chi connectivity index (χ1) is 8.06. The minimum absolute atomic E-state index is 0.0381. The summed E-state index contributed by atoms with van der Waals surface area (Å²) < 4.78 is 0. The first-order valence-electron chi connectivity index (χ1n) is 6.07. The van der Waals surface area contributed by atoms with Crippen molar-refractivity contribution in [2.24, 2.45) is 0 Å². The van der Waals surface area contributed by atoms with Crippen molar-refractivity contribution in [3.05, 3.63) is 34.4 Å². The summed E-state index contributed by atoms with van der Waals surface area (Å²) in [6, 6.07) is 4.10. The molecule has 1 aromatic rings. The van der Waals surface area contributed by atoms with E-state index >= 15 is 0 Å². The van der Waals surface area contributed by atoms with Crippen molar-refractivity contribution in [2.75, 3.05) is 20.1 Å². The Hall–Kier alpha value is -1.35. The van der Waals surface area contributed by atoms with Gasteiger partial charge in [-0.3, -0.25) is 4.79 Å². The average Bonchev–Trinajstić information content (AvgIpc) is 2.23. The van der Waals surface area contributed by atoms with Gasteiger partial charge in [0.2, 0.25) is 0 Å². The predicted molar refractivity (Wildman–Crippen MR) is 71.5 cm³/mol. The summed E-state index contributed by atoms with van der Waals surface area (Å²) in [5.74, 6) is 0.0381. The van der Waals surface area contributed by atoms with Crippen LogP contribution in [-0.2, 0) is 0 Å². The number of rotatable bonds is 5. The van der Waals surface area contributed by atoms with Crippen LogP contribution in [0.25, 0.3) is 0 Å². The van der Waals surface area contributed by atoms with E-state index in [-0.39, 0.29) is 5.91 Å². The van der Waals surface area contributed by atoms with Crippen LogP contribution in [0, 0.1) is 20.8 Å². The maximum atomic E-state index is 12.0. The summed E-state index contributed by atoms with van der Waals surface area (Å²) in [6.07, 6.45) is 0.951. The quantitative estimate of drug-likeness (QED) is 0.765. The summed E-state index contributed by atoms with van der Waals surface area (Å²) >= 11 is 0.